The minimum absolute atomic E-state index is 0.768. The quantitative estimate of drug-likeness (QED) is 0.165. The van der Waals surface area contributed by atoms with Crippen molar-refractivity contribution in [2.24, 2.45) is 0 Å². The molecule has 4 aromatic carbocycles. The van der Waals surface area contributed by atoms with Crippen molar-refractivity contribution < 1.29 is 19.2 Å². The summed E-state index contributed by atoms with van der Waals surface area (Å²) in [5.41, 5.74) is 2.99. The molecule has 0 aromatic heterocycles. The second kappa shape index (κ2) is 14.1. The first-order valence-corrected chi connectivity index (χ1v) is 13.6. The van der Waals surface area contributed by atoms with Crippen LogP contribution in [0.2, 0.25) is 0 Å². The van der Waals surface area contributed by atoms with E-state index in [9.17, 15) is 10.0 Å². The maximum Gasteiger partial charge on any atom is 0.344 e. The van der Waals surface area contributed by atoms with Gasteiger partial charge in [0, 0.05) is 0 Å². The topological polar surface area (TPSA) is 52.5 Å². The van der Waals surface area contributed by atoms with Crippen molar-refractivity contribution >= 4 is 7.32 Å². The normalized spacial score (nSPS) is 11.4. The lowest BCUT2D eigenvalue weighted by Crippen LogP contribution is -2.47. The van der Waals surface area contributed by atoms with Gasteiger partial charge in [-0.05, 0) is 55.5 Å². The summed E-state index contributed by atoms with van der Waals surface area (Å²) < 4.78 is 7.14. The van der Waals surface area contributed by atoms with Crippen LogP contribution in [0.1, 0.15) is 44.4 Å². The second-order valence-electron chi connectivity index (χ2n) is 9.36. The van der Waals surface area contributed by atoms with Gasteiger partial charge in [0.05, 0.1) is 26.2 Å². The fourth-order valence-corrected chi connectivity index (χ4v) is 5.18. The third-order valence-electron chi connectivity index (χ3n) is 7.71. The average Bonchev–Trinajstić information content (AvgIpc) is 2.99. The number of hydrogen-bond acceptors (Lipinski definition) is 3. The van der Waals surface area contributed by atoms with Crippen molar-refractivity contribution in [1.29, 1.82) is 0 Å². The first-order chi connectivity index (χ1) is 18.5. The Kier molecular flexibility index (Phi) is 10.9. The lowest BCUT2D eigenvalue weighted by molar-refractivity contribution is -0.921. The van der Waals surface area contributed by atoms with Crippen molar-refractivity contribution in [3.8, 4) is 11.1 Å². The first kappa shape index (κ1) is 29.3. The summed E-state index contributed by atoms with van der Waals surface area (Å²) in [7, 11) is -2.21. The summed E-state index contributed by atoms with van der Waals surface area (Å²) in [5.74, 6) is 0. The Hall–Kier alpha value is -3.22. The highest BCUT2D eigenvalue weighted by molar-refractivity contribution is 6.30. The molecule has 0 aliphatic heterocycles. The van der Waals surface area contributed by atoms with Gasteiger partial charge >= 0.3 is 7.32 Å². The molecule has 0 saturated heterocycles. The van der Waals surface area contributed by atoms with Crippen LogP contribution < -0.4 is 5.02 Å². The van der Waals surface area contributed by atoms with Gasteiger partial charge in [0.1, 0.15) is 5.60 Å². The van der Waals surface area contributed by atoms with E-state index in [0.29, 0.717) is 0 Å². The molecule has 0 atom stereocenters. The molecule has 4 nitrogen and oxygen atoms in total. The van der Waals surface area contributed by atoms with Crippen LogP contribution in [-0.2, 0) is 10.3 Å². The summed E-state index contributed by atoms with van der Waals surface area (Å²) in [6.45, 7) is 14.2. The SMILES string of the molecule is CC[N+](CC)(CC)CC.[O-]B(O)OC(c1ccccc1)(c1ccccc1)c1ccccc1-c1ccccc1. The van der Waals surface area contributed by atoms with Crippen molar-refractivity contribution in [1.82, 2.24) is 0 Å². The predicted octanol–water partition coefficient (Wildman–Crippen LogP) is 5.88. The summed E-state index contributed by atoms with van der Waals surface area (Å²) in [4.78, 5) is 0. The molecule has 5 heteroatoms. The molecule has 0 aliphatic rings. The van der Waals surface area contributed by atoms with Crippen LogP contribution >= 0.6 is 0 Å². The highest BCUT2D eigenvalue weighted by Crippen LogP contribution is 2.44. The van der Waals surface area contributed by atoms with E-state index in [1.165, 1.54) is 30.7 Å². The zero-order valence-corrected chi connectivity index (χ0v) is 23.1. The molecule has 0 heterocycles. The van der Waals surface area contributed by atoms with Crippen molar-refractivity contribution in [3.05, 3.63) is 132 Å². The number of hydrogen-bond donors (Lipinski definition) is 1. The molecule has 0 spiro atoms. The van der Waals surface area contributed by atoms with Gasteiger partial charge in [0.15, 0.2) is 0 Å². The van der Waals surface area contributed by atoms with Gasteiger partial charge in [0.25, 0.3) is 0 Å². The smallest absolute Gasteiger partial charge is 0.344 e. The fraction of sp³-hybridized carbons (Fsp3) is 0.273. The lowest BCUT2D eigenvalue weighted by Gasteiger charge is -2.40. The fourth-order valence-electron chi connectivity index (χ4n) is 5.18. The van der Waals surface area contributed by atoms with Crippen LogP contribution in [0.4, 0.5) is 0 Å². The van der Waals surface area contributed by atoms with E-state index in [4.69, 9.17) is 4.65 Å². The molecule has 38 heavy (non-hydrogen) atoms. The van der Waals surface area contributed by atoms with Crippen LogP contribution in [0.5, 0.6) is 0 Å². The van der Waals surface area contributed by atoms with E-state index in [1.807, 2.05) is 115 Å². The molecule has 4 rings (SSSR count). The molecule has 0 amide bonds. The minimum atomic E-state index is -2.21. The van der Waals surface area contributed by atoms with E-state index in [-0.39, 0.29) is 0 Å². The molecule has 0 aliphatic carbocycles. The van der Waals surface area contributed by atoms with Crippen molar-refractivity contribution in [2.45, 2.75) is 33.3 Å². The number of quaternary nitrogens is 1. The molecule has 198 valence electrons. The van der Waals surface area contributed by atoms with Gasteiger partial charge in [0.2, 0.25) is 0 Å². The highest BCUT2D eigenvalue weighted by Gasteiger charge is 2.39. The summed E-state index contributed by atoms with van der Waals surface area (Å²) >= 11 is 0. The maximum absolute atomic E-state index is 12.0. The Bertz CT molecular complexity index is 1160. The Balaban J connectivity index is 0.000000383. The minimum Gasteiger partial charge on any atom is -0.832 e. The Morgan fingerprint density at radius 2 is 1.03 bits per heavy atom. The van der Waals surface area contributed by atoms with E-state index in [0.717, 1.165) is 27.8 Å². The third kappa shape index (κ3) is 6.61. The summed E-state index contributed by atoms with van der Waals surface area (Å²) in [6.07, 6.45) is 0. The zero-order chi connectivity index (χ0) is 27.4. The highest BCUT2D eigenvalue weighted by atomic mass is 16.6. The number of nitrogens with zero attached hydrogens (tertiary/aromatic N) is 1. The maximum atomic E-state index is 12.0. The molecular weight excluding hydrogens is 469 g/mol. The molecule has 1 N–H and O–H groups in total. The molecule has 0 fully saturated rings. The standard InChI is InChI=1S/C25H20BO3.C8H20N/c27-26(28)29-25(21-14-6-2-7-15-21,22-16-8-3-9-17-22)24-19-11-10-18-23(24)20-12-4-1-5-13-20;1-5-9(6-2,7-3)8-4/h1-19,27H;5-8H2,1-4H3/q-1;+1. The molecule has 4 aromatic rings. The molecule has 0 unspecified atom stereocenters. The Morgan fingerprint density at radius 3 is 1.42 bits per heavy atom. The molecule has 0 radical (unpaired) electrons. The largest absolute Gasteiger partial charge is 0.832 e. The van der Waals surface area contributed by atoms with Gasteiger partial charge < -0.3 is 19.2 Å². The molecule has 0 saturated carbocycles. The van der Waals surface area contributed by atoms with E-state index in [2.05, 4.69) is 27.7 Å². The lowest BCUT2D eigenvalue weighted by atomic mass is 9.76. The van der Waals surface area contributed by atoms with Gasteiger partial charge in [-0.2, -0.15) is 0 Å². The molecule has 0 bridgehead atoms. The van der Waals surface area contributed by atoms with E-state index < -0.39 is 12.9 Å². The Labute approximate surface area is 228 Å². The monoisotopic (exact) mass is 509 g/mol. The van der Waals surface area contributed by atoms with Crippen LogP contribution in [0.3, 0.4) is 0 Å². The van der Waals surface area contributed by atoms with Crippen LogP contribution in [-0.4, -0.2) is 43.0 Å². The van der Waals surface area contributed by atoms with Crippen molar-refractivity contribution in [3.63, 3.8) is 0 Å². The van der Waals surface area contributed by atoms with Crippen LogP contribution in [0.25, 0.3) is 11.1 Å². The van der Waals surface area contributed by atoms with Gasteiger partial charge in [-0.15, -0.1) is 0 Å². The first-order valence-electron chi connectivity index (χ1n) is 13.6. The molecular formula is C33H40BNO3. The third-order valence-corrected chi connectivity index (χ3v) is 7.71. The van der Waals surface area contributed by atoms with Gasteiger partial charge in [-0.3, -0.25) is 0 Å². The van der Waals surface area contributed by atoms with E-state index in [1.54, 1.807) is 0 Å². The zero-order valence-electron chi connectivity index (χ0n) is 23.1. The van der Waals surface area contributed by atoms with Gasteiger partial charge in [-0.25, -0.2) is 0 Å². The van der Waals surface area contributed by atoms with Crippen LogP contribution in [0.15, 0.2) is 115 Å². The number of rotatable bonds is 10. The second-order valence-corrected chi connectivity index (χ2v) is 9.36. The summed E-state index contributed by atoms with van der Waals surface area (Å²) in [6, 6.07) is 36.9. The number of benzene rings is 4. The van der Waals surface area contributed by atoms with Crippen molar-refractivity contribution in [2.75, 3.05) is 26.2 Å². The summed E-state index contributed by atoms with van der Waals surface area (Å²) in [5, 5.41) is 21.9. The average molecular weight is 509 g/mol. The van der Waals surface area contributed by atoms with E-state index >= 15 is 0 Å². The predicted molar refractivity (Wildman–Crippen MR) is 156 cm³/mol. The van der Waals surface area contributed by atoms with Crippen LogP contribution in [0, 0.1) is 0 Å². The Morgan fingerprint density at radius 1 is 0.632 bits per heavy atom. The van der Waals surface area contributed by atoms with Gasteiger partial charge in [-0.1, -0.05) is 115 Å².